The van der Waals surface area contributed by atoms with Crippen molar-refractivity contribution in [1.29, 1.82) is 0 Å². The highest BCUT2D eigenvalue weighted by atomic mass is 16.3. The van der Waals surface area contributed by atoms with E-state index in [9.17, 15) is 4.79 Å². The molecule has 0 unspecified atom stereocenters. The summed E-state index contributed by atoms with van der Waals surface area (Å²) in [5.74, 6) is 0.513. The van der Waals surface area contributed by atoms with Crippen molar-refractivity contribution in [2.24, 2.45) is 0 Å². The Balaban J connectivity index is 2.79. The lowest BCUT2D eigenvalue weighted by Gasteiger charge is -1.95. The van der Waals surface area contributed by atoms with Crippen molar-refractivity contribution in [2.75, 3.05) is 0 Å². The fourth-order valence-corrected chi connectivity index (χ4v) is 1.90. The smallest absolute Gasteiger partial charge is 0.195 e. The van der Waals surface area contributed by atoms with Crippen LogP contribution in [0.4, 0.5) is 0 Å². The van der Waals surface area contributed by atoms with Crippen LogP contribution in [0.25, 0.3) is 11.0 Å². The lowest BCUT2D eigenvalue weighted by atomic mass is 10.1. The third kappa shape index (κ3) is 1.56. The largest absolute Gasteiger partial charge is 0.453 e. The number of Topliss-reactive ketones (excluding diaryl/α,β-unsaturated/α-hetero) is 1. The van der Waals surface area contributed by atoms with Crippen molar-refractivity contribution in [3.63, 3.8) is 0 Å². The molecule has 78 valence electrons. The summed E-state index contributed by atoms with van der Waals surface area (Å²) in [7, 11) is 0. The molecule has 0 radical (unpaired) electrons. The maximum Gasteiger partial charge on any atom is 0.195 e. The van der Waals surface area contributed by atoms with Gasteiger partial charge in [0.25, 0.3) is 0 Å². The standard InChI is InChI=1S/C13H14O2/c1-4-10-11-7-8(2)5-6-12(11)15-13(10)9(3)14/h5-7H,4H2,1-3H3. The molecule has 0 spiro atoms. The van der Waals surface area contributed by atoms with E-state index in [2.05, 4.69) is 6.07 Å². The van der Waals surface area contributed by atoms with Crippen molar-refractivity contribution >= 4 is 16.8 Å². The van der Waals surface area contributed by atoms with Gasteiger partial charge in [-0.1, -0.05) is 18.6 Å². The van der Waals surface area contributed by atoms with Gasteiger partial charge in [-0.15, -0.1) is 0 Å². The number of hydrogen-bond donors (Lipinski definition) is 0. The number of ketones is 1. The van der Waals surface area contributed by atoms with E-state index in [1.165, 1.54) is 5.56 Å². The Bertz CT molecular complexity index is 521. The van der Waals surface area contributed by atoms with E-state index in [-0.39, 0.29) is 5.78 Å². The summed E-state index contributed by atoms with van der Waals surface area (Å²) >= 11 is 0. The first kappa shape index (κ1) is 9.97. The Hall–Kier alpha value is -1.57. The van der Waals surface area contributed by atoms with E-state index in [4.69, 9.17) is 4.42 Å². The molecule has 0 bridgehead atoms. The average molecular weight is 202 g/mol. The summed E-state index contributed by atoms with van der Waals surface area (Å²) in [5, 5.41) is 1.07. The predicted octanol–water partition coefficient (Wildman–Crippen LogP) is 3.51. The van der Waals surface area contributed by atoms with Crippen molar-refractivity contribution in [3.05, 3.63) is 35.1 Å². The van der Waals surface area contributed by atoms with Gasteiger partial charge in [0.1, 0.15) is 5.58 Å². The Morgan fingerprint density at radius 1 is 1.40 bits per heavy atom. The van der Waals surface area contributed by atoms with Crippen LogP contribution in [0.15, 0.2) is 22.6 Å². The molecular formula is C13H14O2. The van der Waals surface area contributed by atoms with Gasteiger partial charge in [0.15, 0.2) is 11.5 Å². The minimum atomic E-state index is 0.000651. The number of carbonyl (C=O) groups excluding carboxylic acids is 1. The molecular weight excluding hydrogens is 188 g/mol. The number of fused-ring (bicyclic) bond motifs is 1. The minimum Gasteiger partial charge on any atom is -0.453 e. The van der Waals surface area contributed by atoms with Crippen LogP contribution in [0.2, 0.25) is 0 Å². The van der Waals surface area contributed by atoms with E-state index < -0.39 is 0 Å². The fourth-order valence-electron chi connectivity index (χ4n) is 1.90. The van der Waals surface area contributed by atoms with Crippen LogP contribution < -0.4 is 0 Å². The highest BCUT2D eigenvalue weighted by Gasteiger charge is 2.15. The van der Waals surface area contributed by atoms with Crippen LogP contribution >= 0.6 is 0 Å². The number of hydrogen-bond acceptors (Lipinski definition) is 2. The first-order chi connectivity index (χ1) is 7.13. The lowest BCUT2D eigenvalue weighted by molar-refractivity contribution is 0.0988. The van der Waals surface area contributed by atoms with Crippen LogP contribution in [-0.4, -0.2) is 5.78 Å². The summed E-state index contributed by atoms with van der Waals surface area (Å²) in [4.78, 5) is 11.4. The van der Waals surface area contributed by atoms with Gasteiger partial charge in [0.05, 0.1) is 0 Å². The molecule has 2 rings (SSSR count). The second-order valence-corrected chi connectivity index (χ2v) is 3.82. The Morgan fingerprint density at radius 3 is 2.73 bits per heavy atom. The molecule has 1 aromatic carbocycles. The molecule has 0 aliphatic heterocycles. The van der Waals surface area contributed by atoms with Crippen molar-refractivity contribution in [1.82, 2.24) is 0 Å². The summed E-state index contributed by atoms with van der Waals surface area (Å²) in [5.41, 5.74) is 3.02. The zero-order chi connectivity index (χ0) is 11.0. The molecule has 0 N–H and O–H groups in total. The van der Waals surface area contributed by atoms with Crippen molar-refractivity contribution in [3.8, 4) is 0 Å². The number of furan rings is 1. The molecule has 0 atom stereocenters. The molecule has 2 aromatic rings. The average Bonchev–Trinajstić information content (AvgIpc) is 2.55. The zero-order valence-electron chi connectivity index (χ0n) is 9.26. The molecule has 1 heterocycles. The zero-order valence-corrected chi connectivity index (χ0v) is 9.26. The summed E-state index contributed by atoms with van der Waals surface area (Å²) in [6.07, 6.45) is 0.825. The van der Waals surface area contributed by atoms with Crippen LogP contribution in [-0.2, 0) is 6.42 Å². The topological polar surface area (TPSA) is 30.2 Å². The maximum atomic E-state index is 11.4. The summed E-state index contributed by atoms with van der Waals surface area (Å²) in [6, 6.07) is 6.00. The van der Waals surface area contributed by atoms with Crippen LogP contribution in [0.5, 0.6) is 0 Å². The normalized spacial score (nSPS) is 10.9. The third-order valence-electron chi connectivity index (χ3n) is 2.62. The van der Waals surface area contributed by atoms with E-state index in [0.29, 0.717) is 5.76 Å². The van der Waals surface area contributed by atoms with Crippen molar-refractivity contribution < 1.29 is 9.21 Å². The van der Waals surface area contributed by atoms with Gasteiger partial charge in [-0.2, -0.15) is 0 Å². The third-order valence-corrected chi connectivity index (χ3v) is 2.62. The van der Waals surface area contributed by atoms with Gasteiger partial charge in [-0.3, -0.25) is 4.79 Å². The maximum absolute atomic E-state index is 11.4. The second-order valence-electron chi connectivity index (χ2n) is 3.82. The monoisotopic (exact) mass is 202 g/mol. The number of aryl methyl sites for hydroxylation is 2. The van der Waals surface area contributed by atoms with Gasteiger partial charge < -0.3 is 4.42 Å². The molecule has 0 fully saturated rings. The van der Waals surface area contributed by atoms with Gasteiger partial charge >= 0.3 is 0 Å². The molecule has 0 amide bonds. The molecule has 0 saturated heterocycles. The van der Waals surface area contributed by atoms with E-state index >= 15 is 0 Å². The van der Waals surface area contributed by atoms with Crippen molar-refractivity contribution in [2.45, 2.75) is 27.2 Å². The molecule has 0 aliphatic rings. The van der Waals surface area contributed by atoms with E-state index in [1.807, 2.05) is 26.0 Å². The highest BCUT2D eigenvalue weighted by molar-refractivity contribution is 5.99. The predicted molar refractivity (Wildman–Crippen MR) is 60.3 cm³/mol. The lowest BCUT2D eigenvalue weighted by Crippen LogP contribution is -1.93. The summed E-state index contributed by atoms with van der Waals surface area (Å²) in [6.45, 7) is 5.63. The quantitative estimate of drug-likeness (QED) is 0.697. The number of benzene rings is 1. The molecule has 2 heteroatoms. The molecule has 15 heavy (non-hydrogen) atoms. The first-order valence-corrected chi connectivity index (χ1v) is 5.16. The van der Waals surface area contributed by atoms with Gasteiger partial charge in [0.2, 0.25) is 0 Å². The Labute approximate surface area is 88.9 Å². The van der Waals surface area contributed by atoms with E-state index in [0.717, 1.165) is 23.0 Å². The number of carbonyl (C=O) groups is 1. The molecule has 2 nitrogen and oxygen atoms in total. The second kappa shape index (κ2) is 3.54. The molecule has 0 saturated carbocycles. The molecule has 1 aromatic heterocycles. The van der Waals surface area contributed by atoms with E-state index in [1.54, 1.807) is 6.92 Å². The van der Waals surface area contributed by atoms with Crippen LogP contribution in [0.3, 0.4) is 0 Å². The van der Waals surface area contributed by atoms with Gasteiger partial charge in [-0.25, -0.2) is 0 Å². The minimum absolute atomic E-state index is 0.000651. The number of rotatable bonds is 2. The van der Waals surface area contributed by atoms with Gasteiger partial charge in [0, 0.05) is 17.9 Å². The van der Waals surface area contributed by atoms with Crippen LogP contribution in [0.1, 0.15) is 35.5 Å². The van der Waals surface area contributed by atoms with Crippen LogP contribution in [0, 0.1) is 6.92 Å². The SMILES string of the molecule is CCc1c(C(C)=O)oc2ccc(C)cc12. The summed E-state index contributed by atoms with van der Waals surface area (Å²) < 4.78 is 5.56. The Kier molecular flexibility index (Phi) is 2.35. The fraction of sp³-hybridized carbons (Fsp3) is 0.308. The Morgan fingerprint density at radius 2 is 2.13 bits per heavy atom. The first-order valence-electron chi connectivity index (χ1n) is 5.16. The molecule has 0 aliphatic carbocycles. The highest BCUT2D eigenvalue weighted by Crippen LogP contribution is 2.27. The van der Waals surface area contributed by atoms with Gasteiger partial charge in [-0.05, 0) is 25.5 Å².